The van der Waals surface area contributed by atoms with E-state index in [-0.39, 0.29) is 21.3 Å². The monoisotopic (exact) mass is 412 g/mol. The summed E-state index contributed by atoms with van der Waals surface area (Å²) in [6.45, 7) is 14.8. The zero-order chi connectivity index (χ0) is 18.5. The summed E-state index contributed by atoms with van der Waals surface area (Å²) in [6.07, 6.45) is 0.619. The van der Waals surface area contributed by atoms with Crippen molar-refractivity contribution in [3.05, 3.63) is 0 Å². The highest BCUT2D eigenvalue weighted by Crippen LogP contribution is 2.27. The van der Waals surface area contributed by atoms with E-state index >= 15 is 0 Å². The maximum atomic E-state index is 11.1. The Balaban J connectivity index is -0.00000242. The molecule has 0 fully saturated rings. The molecule has 0 aromatic carbocycles. The van der Waals surface area contributed by atoms with E-state index in [0.717, 1.165) is 0 Å². The van der Waals surface area contributed by atoms with Gasteiger partial charge in [-0.15, -0.1) is 0 Å². The van der Waals surface area contributed by atoms with Crippen LogP contribution >= 0.6 is 0 Å². The second-order valence-electron chi connectivity index (χ2n) is 8.09. The third-order valence-electron chi connectivity index (χ3n) is 3.00. The van der Waals surface area contributed by atoms with E-state index in [9.17, 15) is 9.59 Å². The predicted octanol–water partition coefficient (Wildman–Crippen LogP) is 4.99. The standard InChI is InChI=1S/C14H32O6Si3.2CH4/c1-21(2,3)19-23(7,20-22(4,5)6)10-8-9-12(14(17)18)11-13(15)16;;/h12H,8-11H2,1-7H3,(H,15,16)(H,17,18);2*1H4. The average Bonchev–Trinajstić information content (AvgIpc) is 2.20. The van der Waals surface area contributed by atoms with E-state index in [4.69, 9.17) is 18.4 Å². The number of hydrogen-bond acceptors (Lipinski definition) is 4. The van der Waals surface area contributed by atoms with Crippen LogP contribution in [0.25, 0.3) is 0 Å². The molecule has 0 aliphatic carbocycles. The highest BCUT2D eigenvalue weighted by atomic mass is 28.5. The van der Waals surface area contributed by atoms with Gasteiger partial charge in [-0.25, -0.2) is 0 Å². The van der Waals surface area contributed by atoms with Crippen molar-refractivity contribution in [2.24, 2.45) is 5.92 Å². The van der Waals surface area contributed by atoms with Crippen molar-refractivity contribution in [3.63, 3.8) is 0 Å². The van der Waals surface area contributed by atoms with Gasteiger partial charge in [-0.05, 0) is 58.3 Å². The molecule has 1 unspecified atom stereocenters. The molecular weight excluding hydrogens is 372 g/mol. The van der Waals surface area contributed by atoms with E-state index in [1.54, 1.807) is 0 Å². The number of hydrogen-bond donors (Lipinski definition) is 2. The van der Waals surface area contributed by atoms with Crippen molar-refractivity contribution in [3.8, 4) is 0 Å². The molecule has 0 saturated heterocycles. The third-order valence-corrected chi connectivity index (χ3v) is 12.6. The van der Waals surface area contributed by atoms with Crippen molar-refractivity contribution in [2.75, 3.05) is 0 Å². The minimum Gasteiger partial charge on any atom is -0.481 e. The van der Waals surface area contributed by atoms with E-state index < -0.39 is 43.1 Å². The molecule has 6 nitrogen and oxygen atoms in total. The van der Waals surface area contributed by atoms with Crippen molar-refractivity contribution in [2.45, 2.75) is 86.0 Å². The second-order valence-corrected chi connectivity index (χ2v) is 20.9. The molecule has 0 amide bonds. The first kappa shape index (κ1) is 29.3. The molecule has 0 saturated carbocycles. The van der Waals surface area contributed by atoms with Crippen LogP contribution in [0.2, 0.25) is 51.9 Å². The van der Waals surface area contributed by atoms with Gasteiger partial charge in [-0.2, -0.15) is 0 Å². The lowest BCUT2D eigenvalue weighted by Gasteiger charge is -2.38. The van der Waals surface area contributed by atoms with Gasteiger partial charge in [0.1, 0.15) is 0 Å². The number of carbonyl (C=O) groups is 2. The first-order chi connectivity index (χ1) is 10.1. The predicted molar refractivity (Wildman–Crippen MR) is 111 cm³/mol. The fraction of sp³-hybridized carbons (Fsp3) is 0.875. The molecule has 0 rings (SSSR count). The molecule has 0 aromatic heterocycles. The lowest BCUT2D eigenvalue weighted by atomic mass is 10.0. The molecule has 152 valence electrons. The van der Waals surface area contributed by atoms with Gasteiger partial charge in [0.25, 0.3) is 0 Å². The van der Waals surface area contributed by atoms with E-state index in [1.165, 1.54) is 0 Å². The number of carboxylic acid groups (broad SMARTS) is 2. The maximum Gasteiger partial charge on any atom is 0.314 e. The van der Waals surface area contributed by atoms with Crippen molar-refractivity contribution < 1.29 is 28.0 Å². The number of rotatable bonds is 11. The zero-order valence-corrected chi connectivity index (χ0v) is 18.4. The summed E-state index contributed by atoms with van der Waals surface area (Å²) < 4.78 is 12.7. The summed E-state index contributed by atoms with van der Waals surface area (Å²) in [5.74, 6) is -2.97. The fourth-order valence-electron chi connectivity index (χ4n) is 2.61. The summed E-state index contributed by atoms with van der Waals surface area (Å²) in [5.41, 5.74) is 0. The van der Waals surface area contributed by atoms with Crippen molar-refractivity contribution in [1.29, 1.82) is 0 Å². The zero-order valence-electron chi connectivity index (χ0n) is 15.4. The van der Waals surface area contributed by atoms with Crippen LogP contribution in [0.15, 0.2) is 0 Å². The molecule has 0 heterocycles. The summed E-state index contributed by atoms with van der Waals surface area (Å²) in [7, 11) is -5.92. The quantitative estimate of drug-likeness (QED) is 0.464. The lowest BCUT2D eigenvalue weighted by Crippen LogP contribution is -2.52. The van der Waals surface area contributed by atoms with Crippen molar-refractivity contribution >= 4 is 37.1 Å². The van der Waals surface area contributed by atoms with E-state index in [1.807, 2.05) is 0 Å². The minimum absolute atomic E-state index is 0. The molecule has 2 N–H and O–H groups in total. The van der Waals surface area contributed by atoms with Gasteiger partial charge in [-0.1, -0.05) is 21.3 Å². The smallest absolute Gasteiger partial charge is 0.314 e. The van der Waals surface area contributed by atoms with Gasteiger partial charge < -0.3 is 18.4 Å². The Morgan fingerprint density at radius 2 is 1.28 bits per heavy atom. The van der Waals surface area contributed by atoms with Crippen LogP contribution in [0.1, 0.15) is 34.1 Å². The minimum atomic E-state index is -2.38. The summed E-state index contributed by atoms with van der Waals surface area (Å²) in [6, 6.07) is 0.699. The first-order valence-electron chi connectivity index (χ1n) is 7.98. The van der Waals surface area contributed by atoms with Crippen LogP contribution in [0, 0.1) is 5.92 Å². The molecule has 0 bridgehead atoms. The van der Waals surface area contributed by atoms with E-state index in [0.29, 0.717) is 18.9 Å². The van der Waals surface area contributed by atoms with Crippen LogP contribution in [-0.4, -0.2) is 47.3 Å². The Hall–Kier alpha value is -0.489. The van der Waals surface area contributed by atoms with Gasteiger partial charge in [0.05, 0.1) is 12.3 Å². The van der Waals surface area contributed by atoms with Crippen molar-refractivity contribution in [1.82, 2.24) is 0 Å². The molecule has 0 aliphatic heterocycles. The molecule has 0 spiro atoms. The van der Waals surface area contributed by atoms with Gasteiger partial charge in [0.15, 0.2) is 16.6 Å². The SMILES string of the molecule is C.C.C[Si](C)(C)O[Si](C)(CCCC(CC(=O)O)C(=O)O)O[Si](C)(C)C. The van der Waals surface area contributed by atoms with E-state index in [2.05, 4.69) is 45.8 Å². The molecule has 0 aliphatic rings. The third kappa shape index (κ3) is 15.5. The van der Waals surface area contributed by atoms with Crippen LogP contribution in [0.4, 0.5) is 0 Å². The Morgan fingerprint density at radius 1 is 0.880 bits per heavy atom. The van der Waals surface area contributed by atoms with Crippen LogP contribution in [0.5, 0.6) is 0 Å². The molecule has 9 heteroatoms. The van der Waals surface area contributed by atoms with Gasteiger partial charge >= 0.3 is 20.5 Å². The number of carboxylic acids is 2. The Kier molecular flexibility index (Phi) is 13.2. The molecule has 25 heavy (non-hydrogen) atoms. The molecule has 1 atom stereocenters. The van der Waals surface area contributed by atoms with Gasteiger partial charge in [0, 0.05) is 0 Å². The Labute approximate surface area is 157 Å². The fourth-order valence-corrected chi connectivity index (χ4v) is 15.2. The highest BCUT2D eigenvalue weighted by Gasteiger charge is 2.40. The topological polar surface area (TPSA) is 93.1 Å². The highest BCUT2D eigenvalue weighted by molar-refractivity contribution is 6.87. The molecular formula is C16H40O6Si3. The first-order valence-corrected chi connectivity index (χ1v) is 17.3. The normalized spacial score (nSPS) is 13.4. The van der Waals surface area contributed by atoms with Gasteiger partial charge in [0.2, 0.25) is 0 Å². The maximum absolute atomic E-state index is 11.1. The lowest BCUT2D eigenvalue weighted by molar-refractivity contribution is -0.148. The Bertz CT molecular complexity index is 399. The van der Waals surface area contributed by atoms with Crippen LogP contribution in [-0.2, 0) is 17.8 Å². The summed E-state index contributed by atoms with van der Waals surface area (Å²) >= 11 is 0. The van der Waals surface area contributed by atoms with Crippen LogP contribution in [0.3, 0.4) is 0 Å². The molecule has 0 aromatic rings. The second kappa shape index (κ2) is 11.3. The molecule has 0 radical (unpaired) electrons. The van der Waals surface area contributed by atoms with Gasteiger partial charge in [-0.3, -0.25) is 9.59 Å². The number of aliphatic carboxylic acids is 2. The Morgan fingerprint density at radius 3 is 1.56 bits per heavy atom. The summed E-state index contributed by atoms with van der Waals surface area (Å²) in [5, 5.41) is 17.9. The average molecular weight is 413 g/mol. The van der Waals surface area contributed by atoms with Crippen LogP contribution < -0.4 is 0 Å². The summed E-state index contributed by atoms with van der Waals surface area (Å²) in [4.78, 5) is 21.9. The largest absolute Gasteiger partial charge is 0.481 e.